The Kier molecular flexibility index (Phi) is 9.38. The number of carboxylic acid groups (broad SMARTS) is 2. The first-order chi connectivity index (χ1) is 14.0. The highest BCUT2D eigenvalue weighted by molar-refractivity contribution is 5.95. The number of nitrogens with one attached hydrogen (secondary N) is 4. The van der Waals surface area contributed by atoms with Gasteiger partial charge in [-0.05, 0) is 6.92 Å². The minimum Gasteiger partial charge on any atom is -0.481 e. The molecule has 0 aliphatic heterocycles. The highest BCUT2D eigenvalue weighted by atomic mass is 16.4. The molecule has 14 heteroatoms. The molecule has 1 aromatic heterocycles. The fraction of sp³-hybridized carbons (Fsp3) is 0.500. The average molecular weight is 428 g/mol. The van der Waals surface area contributed by atoms with Crippen LogP contribution in [0.5, 0.6) is 0 Å². The molecule has 14 nitrogen and oxygen atoms in total. The second-order valence-corrected chi connectivity index (χ2v) is 6.38. The quantitative estimate of drug-likeness (QED) is 0.162. The van der Waals surface area contributed by atoms with Gasteiger partial charge in [-0.2, -0.15) is 0 Å². The van der Waals surface area contributed by atoms with Crippen molar-refractivity contribution in [1.82, 2.24) is 25.9 Å². The molecule has 0 aromatic carbocycles. The average Bonchev–Trinajstić information content (AvgIpc) is 3.15. The highest BCUT2D eigenvalue weighted by Gasteiger charge is 2.32. The Balaban J connectivity index is 2.80. The van der Waals surface area contributed by atoms with Crippen LogP contribution in [0, 0.1) is 0 Å². The van der Waals surface area contributed by atoms with Crippen molar-refractivity contribution in [3.8, 4) is 0 Å². The van der Waals surface area contributed by atoms with Gasteiger partial charge in [0.05, 0.1) is 24.9 Å². The third-order valence-electron chi connectivity index (χ3n) is 3.82. The van der Waals surface area contributed by atoms with E-state index in [0.29, 0.717) is 5.69 Å². The minimum atomic E-state index is -1.63. The molecule has 0 saturated carbocycles. The number of aromatic nitrogens is 2. The number of aromatic amines is 1. The van der Waals surface area contributed by atoms with Crippen LogP contribution >= 0.6 is 0 Å². The maximum Gasteiger partial charge on any atom is 0.322 e. The number of carbonyl (C=O) groups is 5. The smallest absolute Gasteiger partial charge is 0.322 e. The zero-order valence-corrected chi connectivity index (χ0v) is 16.0. The van der Waals surface area contributed by atoms with Crippen LogP contribution < -0.4 is 21.7 Å². The topological polar surface area (TPSA) is 237 Å². The molecule has 0 saturated heterocycles. The summed E-state index contributed by atoms with van der Waals surface area (Å²) in [5.74, 6) is -5.70. The summed E-state index contributed by atoms with van der Waals surface area (Å²) in [5.41, 5.74) is 6.33. The summed E-state index contributed by atoms with van der Waals surface area (Å²) in [6.07, 6.45) is 0.652. The molecule has 0 fully saturated rings. The summed E-state index contributed by atoms with van der Waals surface area (Å²) < 4.78 is 0. The number of H-pyrrole nitrogens is 1. The van der Waals surface area contributed by atoms with Crippen molar-refractivity contribution < 1.29 is 39.3 Å². The number of rotatable bonds is 12. The van der Waals surface area contributed by atoms with E-state index in [-0.39, 0.29) is 6.42 Å². The van der Waals surface area contributed by atoms with Gasteiger partial charge in [0.1, 0.15) is 18.6 Å². The van der Waals surface area contributed by atoms with Gasteiger partial charge in [0, 0.05) is 18.3 Å². The zero-order valence-electron chi connectivity index (χ0n) is 16.0. The number of amides is 3. The Hall–Kier alpha value is -3.52. The van der Waals surface area contributed by atoms with E-state index in [1.165, 1.54) is 19.4 Å². The summed E-state index contributed by atoms with van der Waals surface area (Å²) >= 11 is 0. The summed E-state index contributed by atoms with van der Waals surface area (Å²) in [7, 11) is 0. The minimum absolute atomic E-state index is 0.0687. The molecule has 9 N–H and O–H groups in total. The molecule has 30 heavy (non-hydrogen) atoms. The van der Waals surface area contributed by atoms with Gasteiger partial charge in [-0.25, -0.2) is 4.98 Å². The van der Waals surface area contributed by atoms with Crippen LogP contribution in [0.2, 0.25) is 0 Å². The number of nitrogens with zero attached hydrogens (tertiary/aromatic N) is 1. The molecule has 1 heterocycles. The van der Waals surface area contributed by atoms with Gasteiger partial charge in [0.2, 0.25) is 17.7 Å². The third-order valence-corrected chi connectivity index (χ3v) is 3.82. The lowest BCUT2D eigenvalue weighted by Gasteiger charge is -2.25. The Morgan fingerprint density at radius 3 is 2.27 bits per heavy atom. The monoisotopic (exact) mass is 428 g/mol. The van der Waals surface area contributed by atoms with E-state index in [9.17, 15) is 29.1 Å². The van der Waals surface area contributed by atoms with Crippen LogP contribution in [0.25, 0.3) is 0 Å². The van der Waals surface area contributed by atoms with E-state index in [2.05, 4.69) is 20.6 Å². The van der Waals surface area contributed by atoms with Gasteiger partial charge in [-0.15, -0.1) is 0 Å². The molecule has 1 rings (SSSR count). The molecule has 4 unspecified atom stereocenters. The van der Waals surface area contributed by atoms with E-state index >= 15 is 0 Å². The SMILES string of the molecule is CC(O)C(NC(=O)C(N)Cc1cnc[nH]1)C(=O)NC(CC(=O)O)C(=O)NCC(=O)O. The standard InChI is InChI=1S/C16H24N6O8/c1-7(23)13(22-14(28)9(17)2-8-4-18-6-20-8)16(30)21-10(3-11(24)25)15(29)19-5-12(26)27/h4,6-7,9-10,13,23H,2-3,5,17H2,1H3,(H,18,20)(H,19,29)(H,21,30)(H,22,28)(H,24,25)(H,26,27). The predicted octanol–water partition coefficient (Wildman–Crippen LogP) is -3.69. The molecule has 166 valence electrons. The first-order valence-electron chi connectivity index (χ1n) is 8.74. The lowest BCUT2D eigenvalue weighted by Crippen LogP contribution is -2.59. The van der Waals surface area contributed by atoms with E-state index < -0.39 is 66.9 Å². The van der Waals surface area contributed by atoms with Crippen LogP contribution in [-0.2, 0) is 30.4 Å². The van der Waals surface area contributed by atoms with Crippen molar-refractivity contribution in [3.05, 3.63) is 18.2 Å². The molecule has 0 aliphatic carbocycles. The van der Waals surface area contributed by atoms with Gasteiger partial charge < -0.3 is 42.0 Å². The van der Waals surface area contributed by atoms with Crippen molar-refractivity contribution in [2.45, 2.75) is 44.0 Å². The maximum atomic E-state index is 12.5. The molecular formula is C16H24N6O8. The van der Waals surface area contributed by atoms with Crippen molar-refractivity contribution in [2.75, 3.05) is 6.54 Å². The van der Waals surface area contributed by atoms with Gasteiger partial charge in [-0.1, -0.05) is 0 Å². The number of carbonyl (C=O) groups excluding carboxylic acids is 3. The van der Waals surface area contributed by atoms with Gasteiger partial charge >= 0.3 is 11.9 Å². The molecule has 4 atom stereocenters. The number of aliphatic hydroxyl groups excluding tert-OH is 1. The van der Waals surface area contributed by atoms with Crippen LogP contribution in [-0.4, -0.2) is 85.7 Å². The van der Waals surface area contributed by atoms with Gasteiger partial charge in [0.25, 0.3) is 0 Å². The molecule has 0 aliphatic rings. The fourth-order valence-corrected chi connectivity index (χ4v) is 2.32. The lowest BCUT2D eigenvalue weighted by molar-refractivity contribution is -0.142. The molecular weight excluding hydrogens is 404 g/mol. The van der Waals surface area contributed by atoms with E-state index in [0.717, 1.165) is 0 Å². The summed E-state index contributed by atoms with van der Waals surface area (Å²) in [4.78, 5) is 64.8. The first-order valence-corrected chi connectivity index (χ1v) is 8.74. The third kappa shape index (κ3) is 8.24. The Labute approximate surface area is 170 Å². The normalized spacial score (nSPS) is 14.6. The van der Waals surface area contributed by atoms with Crippen molar-refractivity contribution in [1.29, 1.82) is 0 Å². The molecule has 1 aromatic rings. The molecule has 3 amide bonds. The summed E-state index contributed by atoms with van der Waals surface area (Å²) in [6, 6.07) is -4.27. The van der Waals surface area contributed by atoms with Crippen LogP contribution in [0.4, 0.5) is 0 Å². The number of carboxylic acids is 2. The number of nitrogens with two attached hydrogens (primary N) is 1. The van der Waals surface area contributed by atoms with Crippen LogP contribution in [0.1, 0.15) is 19.0 Å². The Morgan fingerprint density at radius 2 is 1.77 bits per heavy atom. The predicted molar refractivity (Wildman–Crippen MR) is 98.7 cm³/mol. The zero-order chi connectivity index (χ0) is 22.8. The van der Waals surface area contributed by atoms with Crippen molar-refractivity contribution in [2.24, 2.45) is 5.73 Å². The second-order valence-electron chi connectivity index (χ2n) is 6.38. The van der Waals surface area contributed by atoms with Crippen molar-refractivity contribution in [3.63, 3.8) is 0 Å². The number of hydrogen-bond acceptors (Lipinski definition) is 8. The fourth-order valence-electron chi connectivity index (χ4n) is 2.32. The maximum absolute atomic E-state index is 12.5. The van der Waals surface area contributed by atoms with Crippen molar-refractivity contribution >= 4 is 29.7 Å². The lowest BCUT2D eigenvalue weighted by atomic mass is 10.1. The Bertz CT molecular complexity index is 766. The number of hydrogen-bond donors (Lipinski definition) is 8. The molecule has 0 bridgehead atoms. The summed E-state index contributed by atoms with van der Waals surface area (Å²) in [5, 5.41) is 33.6. The van der Waals surface area contributed by atoms with Gasteiger partial charge in [-0.3, -0.25) is 24.0 Å². The van der Waals surface area contributed by atoms with E-state index in [1.54, 1.807) is 0 Å². The number of aliphatic carboxylic acids is 2. The van der Waals surface area contributed by atoms with E-state index in [1.807, 2.05) is 5.32 Å². The summed E-state index contributed by atoms with van der Waals surface area (Å²) in [6.45, 7) is 0.408. The second kappa shape index (κ2) is 11.5. The van der Waals surface area contributed by atoms with Gasteiger partial charge in [0.15, 0.2) is 0 Å². The van der Waals surface area contributed by atoms with E-state index in [4.69, 9.17) is 15.9 Å². The van der Waals surface area contributed by atoms with Crippen LogP contribution in [0.15, 0.2) is 12.5 Å². The molecule has 0 radical (unpaired) electrons. The number of aliphatic hydroxyl groups is 1. The van der Waals surface area contributed by atoms with Crippen LogP contribution in [0.3, 0.4) is 0 Å². The Morgan fingerprint density at radius 1 is 1.10 bits per heavy atom. The number of imidazole rings is 1. The highest BCUT2D eigenvalue weighted by Crippen LogP contribution is 2.01. The first kappa shape index (κ1) is 24.5. The largest absolute Gasteiger partial charge is 0.481 e. The molecule has 0 spiro atoms.